The molecule has 1 atom stereocenters. The molecule has 0 aliphatic carbocycles. The van der Waals surface area contributed by atoms with Gasteiger partial charge in [-0.15, -0.1) is 0 Å². The standard InChI is InChI=1S/C20H24N2O3/c1-13(2)19(22-20(23)16-7-4-6-14(3)21-16)15-8-9-17-18(12-15)25-11-5-10-24-17/h4,6-9,12-13,19H,5,10-11H2,1-3H3,(H,22,23). The fourth-order valence-electron chi connectivity index (χ4n) is 2.89. The molecule has 0 fully saturated rings. The van der Waals surface area contributed by atoms with E-state index in [1.165, 1.54) is 0 Å². The van der Waals surface area contributed by atoms with Crippen LogP contribution in [0.1, 0.15) is 48.1 Å². The van der Waals surface area contributed by atoms with Gasteiger partial charge in [0.1, 0.15) is 5.69 Å². The van der Waals surface area contributed by atoms with Crippen LogP contribution in [0, 0.1) is 12.8 Å². The van der Waals surface area contributed by atoms with Crippen LogP contribution in [0.5, 0.6) is 11.5 Å². The molecule has 0 saturated carbocycles. The van der Waals surface area contributed by atoms with Gasteiger partial charge in [0.05, 0.1) is 19.3 Å². The molecule has 1 aromatic heterocycles. The number of rotatable bonds is 4. The molecule has 0 radical (unpaired) electrons. The molecule has 0 spiro atoms. The topological polar surface area (TPSA) is 60.5 Å². The lowest BCUT2D eigenvalue weighted by Gasteiger charge is -2.23. The lowest BCUT2D eigenvalue weighted by Crippen LogP contribution is -2.32. The van der Waals surface area contributed by atoms with Crippen LogP contribution >= 0.6 is 0 Å². The van der Waals surface area contributed by atoms with Gasteiger partial charge in [-0.05, 0) is 42.7 Å². The summed E-state index contributed by atoms with van der Waals surface area (Å²) >= 11 is 0. The number of hydrogen-bond donors (Lipinski definition) is 1. The van der Waals surface area contributed by atoms with Crippen LogP contribution in [0.15, 0.2) is 36.4 Å². The van der Waals surface area contributed by atoms with Gasteiger partial charge in [0.2, 0.25) is 0 Å². The van der Waals surface area contributed by atoms with Gasteiger partial charge in [-0.2, -0.15) is 0 Å². The van der Waals surface area contributed by atoms with E-state index in [9.17, 15) is 4.79 Å². The molecule has 0 bridgehead atoms. The summed E-state index contributed by atoms with van der Waals surface area (Å²) in [6, 6.07) is 11.2. The molecular formula is C20H24N2O3. The van der Waals surface area contributed by atoms with Gasteiger partial charge in [-0.1, -0.05) is 26.0 Å². The van der Waals surface area contributed by atoms with Crippen molar-refractivity contribution in [2.24, 2.45) is 5.92 Å². The van der Waals surface area contributed by atoms with Crippen molar-refractivity contribution in [3.8, 4) is 11.5 Å². The number of benzene rings is 1. The average Bonchev–Trinajstić information content (AvgIpc) is 2.83. The van der Waals surface area contributed by atoms with E-state index < -0.39 is 0 Å². The monoisotopic (exact) mass is 340 g/mol. The van der Waals surface area contributed by atoms with Crippen LogP contribution in [0.3, 0.4) is 0 Å². The largest absolute Gasteiger partial charge is 0.490 e. The first kappa shape index (κ1) is 17.3. The summed E-state index contributed by atoms with van der Waals surface area (Å²) in [6.45, 7) is 7.34. The molecule has 25 heavy (non-hydrogen) atoms. The first-order chi connectivity index (χ1) is 12.0. The van der Waals surface area contributed by atoms with E-state index in [0.29, 0.717) is 18.9 Å². The maximum Gasteiger partial charge on any atom is 0.270 e. The third-order valence-electron chi connectivity index (χ3n) is 4.20. The average molecular weight is 340 g/mol. The van der Waals surface area contributed by atoms with E-state index >= 15 is 0 Å². The van der Waals surface area contributed by atoms with E-state index in [-0.39, 0.29) is 17.9 Å². The Morgan fingerprint density at radius 3 is 2.60 bits per heavy atom. The van der Waals surface area contributed by atoms with Crippen LogP contribution in [0.4, 0.5) is 0 Å². The number of aromatic nitrogens is 1. The molecule has 1 aliphatic heterocycles. The Kier molecular flexibility index (Phi) is 5.22. The van der Waals surface area contributed by atoms with Crippen LogP contribution < -0.4 is 14.8 Å². The van der Waals surface area contributed by atoms with Crippen LogP contribution in [0.2, 0.25) is 0 Å². The number of aryl methyl sites for hydroxylation is 1. The summed E-state index contributed by atoms with van der Waals surface area (Å²) in [5.41, 5.74) is 2.25. The molecule has 132 valence electrons. The van der Waals surface area contributed by atoms with Crippen molar-refractivity contribution in [1.29, 1.82) is 0 Å². The van der Waals surface area contributed by atoms with Crippen molar-refractivity contribution in [3.05, 3.63) is 53.3 Å². The second-order valence-corrected chi connectivity index (χ2v) is 6.62. The fourth-order valence-corrected chi connectivity index (χ4v) is 2.89. The Bertz CT molecular complexity index is 758. The van der Waals surface area contributed by atoms with Gasteiger partial charge < -0.3 is 14.8 Å². The number of pyridine rings is 1. The Morgan fingerprint density at radius 2 is 1.88 bits per heavy atom. The first-order valence-electron chi connectivity index (χ1n) is 8.68. The Labute approximate surface area is 148 Å². The van der Waals surface area contributed by atoms with E-state index in [2.05, 4.69) is 24.1 Å². The minimum Gasteiger partial charge on any atom is -0.490 e. The number of fused-ring (bicyclic) bond motifs is 1. The second-order valence-electron chi connectivity index (χ2n) is 6.62. The van der Waals surface area contributed by atoms with Crippen LogP contribution in [-0.4, -0.2) is 24.1 Å². The molecule has 2 heterocycles. The van der Waals surface area contributed by atoms with E-state index in [1.54, 1.807) is 6.07 Å². The van der Waals surface area contributed by atoms with Crippen molar-refractivity contribution < 1.29 is 14.3 Å². The number of carbonyl (C=O) groups excluding carboxylic acids is 1. The van der Waals surface area contributed by atoms with Crippen molar-refractivity contribution in [2.45, 2.75) is 33.2 Å². The number of nitrogens with zero attached hydrogens (tertiary/aromatic N) is 1. The molecule has 1 aromatic carbocycles. The quantitative estimate of drug-likeness (QED) is 0.922. The van der Waals surface area contributed by atoms with Gasteiger partial charge in [-0.25, -0.2) is 4.98 Å². The molecule has 0 saturated heterocycles. The smallest absolute Gasteiger partial charge is 0.270 e. The Balaban J connectivity index is 1.84. The van der Waals surface area contributed by atoms with Crippen molar-refractivity contribution >= 4 is 5.91 Å². The van der Waals surface area contributed by atoms with Crippen LogP contribution in [0.25, 0.3) is 0 Å². The molecule has 1 amide bonds. The summed E-state index contributed by atoms with van der Waals surface area (Å²) in [7, 11) is 0. The summed E-state index contributed by atoms with van der Waals surface area (Å²) < 4.78 is 11.5. The maximum atomic E-state index is 12.6. The Hall–Kier alpha value is -2.56. The molecule has 1 unspecified atom stereocenters. The molecule has 3 rings (SSSR count). The number of carbonyl (C=O) groups is 1. The third-order valence-corrected chi connectivity index (χ3v) is 4.20. The molecule has 1 aliphatic rings. The van der Waals surface area contributed by atoms with E-state index in [4.69, 9.17) is 9.47 Å². The SMILES string of the molecule is Cc1cccc(C(=O)NC(c2ccc3c(c2)OCCCO3)C(C)C)n1. The predicted octanol–water partition coefficient (Wildman–Crippen LogP) is 3.68. The van der Waals surface area contributed by atoms with E-state index in [0.717, 1.165) is 29.2 Å². The number of nitrogens with one attached hydrogen (secondary N) is 1. The second kappa shape index (κ2) is 7.55. The minimum atomic E-state index is -0.172. The van der Waals surface area contributed by atoms with Crippen molar-refractivity contribution in [2.75, 3.05) is 13.2 Å². The van der Waals surface area contributed by atoms with E-state index in [1.807, 2.05) is 37.3 Å². The zero-order valence-electron chi connectivity index (χ0n) is 14.9. The van der Waals surface area contributed by atoms with Gasteiger partial charge >= 0.3 is 0 Å². The zero-order chi connectivity index (χ0) is 17.8. The van der Waals surface area contributed by atoms with Gasteiger partial charge in [0.25, 0.3) is 5.91 Å². The zero-order valence-corrected chi connectivity index (χ0v) is 14.9. The van der Waals surface area contributed by atoms with Crippen molar-refractivity contribution in [3.63, 3.8) is 0 Å². The van der Waals surface area contributed by atoms with Crippen LogP contribution in [-0.2, 0) is 0 Å². The predicted molar refractivity (Wildman–Crippen MR) is 96.1 cm³/mol. The van der Waals surface area contributed by atoms with Gasteiger partial charge in [0.15, 0.2) is 11.5 Å². The fraction of sp³-hybridized carbons (Fsp3) is 0.400. The summed E-state index contributed by atoms with van der Waals surface area (Å²) in [5, 5.41) is 3.10. The molecule has 5 nitrogen and oxygen atoms in total. The number of ether oxygens (including phenoxy) is 2. The highest BCUT2D eigenvalue weighted by Gasteiger charge is 2.22. The number of amides is 1. The summed E-state index contributed by atoms with van der Waals surface area (Å²) in [6.07, 6.45) is 0.868. The molecule has 1 N–H and O–H groups in total. The Morgan fingerprint density at radius 1 is 1.12 bits per heavy atom. The summed E-state index contributed by atoms with van der Waals surface area (Å²) in [5.74, 6) is 1.55. The first-order valence-corrected chi connectivity index (χ1v) is 8.68. The van der Waals surface area contributed by atoms with Gasteiger partial charge in [0, 0.05) is 12.1 Å². The minimum absolute atomic E-state index is 0.132. The molecule has 2 aromatic rings. The normalized spacial score (nSPS) is 14.7. The highest BCUT2D eigenvalue weighted by Crippen LogP contribution is 2.34. The highest BCUT2D eigenvalue weighted by molar-refractivity contribution is 5.92. The lowest BCUT2D eigenvalue weighted by atomic mass is 9.95. The highest BCUT2D eigenvalue weighted by atomic mass is 16.5. The maximum absolute atomic E-state index is 12.6. The van der Waals surface area contributed by atoms with Gasteiger partial charge in [-0.3, -0.25) is 4.79 Å². The number of hydrogen-bond acceptors (Lipinski definition) is 4. The third kappa shape index (κ3) is 4.10. The summed E-state index contributed by atoms with van der Waals surface area (Å²) in [4.78, 5) is 16.9. The lowest BCUT2D eigenvalue weighted by molar-refractivity contribution is 0.0920. The molecule has 5 heteroatoms. The molecular weight excluding hydrogens is 316 g/mol. The van der Waals surface area contributed by atoms with Crippen molar-refractivity contribution in [1.82, 2.24) is 10.3 Å².